The van der Waals surface area contributed by atoms with Gasteiger partial charge in [0.2, 0.25) is 0 Å². The number of ether oxygens (including phenoxy) is 1. The van der Waals surface area contributed by atoms with Crippen LogP contribution in [0.3, 0.4) is 0 Å². The molecule has 0 fully saturated rings. The van der Waals surface area contributed by atoms with Crippen molar-refractivity contribution in [2.45, 2.75) is 20.3 Å². The van der Waals surface area contributed by atoms with E-state index >= 15 is 0 Å². The number of allylic oxidation sites excluding steroid dienone is 1. The molecule has 6 nitrogen and oxygen atoms in total. The molecule has 3 aromatic rings. The van der Waals surface area contributed by atoms with Gasteiger partial charge < -0.3 is 9.64 Å². The maximum Gasteiger partial charge on any atom is 0.119 e. The molecule has 34 heavy (non-hydrogen) atoms. The van der Waals surface area contributed by atoms with Crippen LogP contribution in [-0.4, -0.2) is 35.8 Å². The van der Waals surface area contributed by atoms with Gasteiger partial charge in [0.15, 0.2) is 0 Å². The number of nitrogens with zero attached hydrogens (tertiary/aromatic N) is 1. The fourth-order valence-corrected chi connectivity index (χ4v) is 4.13. The highest BCUT2D eigenvalue weighted by atomic mass is 35.7. The van der Waals surface area contributed by atoms with Crippen LogP contribution in [0.25, 0.3) is 11.1 Å². The van der Waals surface area contributed by atoms with E-state index in [0.717, 1.165) is 38.4 Å². The van der Waals surface area contributed by atoms with Crippen molar-refractivity contribution >= 4 is 11.1 Å². The summed E-state index contributed by atoms with van der Waals surface area (Å²) in [5.41, 5.74) is 8.06. The lowest BCUT2D eigenvalue weighted by Crippen LogP contribution is -2.58. The molecule has 0 radical (unpaired) electrons. The monoisotopic (exact) mass is 483 g/mol. The lowest BCUT2D eigenvalue weighted by Gasteiger charge is -2.18. The van der Waals surface area contributed by atoms with Crippen LogP contribution in [0.2, 0.25) is 0 Å². The Bertz CT molecular complexity index is 1070. The molecular weight excluding hydrogens is 454 g/mol. The van der Waals surface area contributed by atoms with Crippen LogP contribution < -0.4 is 18.7 Å². The third-order valence-corrected chi connectivity index (χ3v) is 5.79. The maximum atomic E-state index is 8.60. The predicted molar refractivity (Wildman–Crippen MR) is 124 cm³/mol. The first kappa shape index (κ1) is 25.9. The van der Waals surface area contributed by atoms with E-state index in [-0.39, 0.29) is 0 Å². The Hall–Kier alpha value is -2.71. The second-order valence-corrected chi connectivity index (χ2v) is 8.64. The number of hydrogen-bond donors (Lipinski definition) is 1. The van der Waals surface area contributed by atoms with Crippen LogP contribution in [0.1, 0.15) is 36.1 Å². The van der Waals surface area contributed by atoms with Crippen molar-refractivity contribution in [2.24, 2.45) is 0 Å². The molecule has 0 saturated carbocycles. The Labute approximate surface area is 203 Å². The van der Waals surface area contributed by atoms with Crippen LogP contribution in [0.5, 0.6) is 5.75 Å². The smallest absolute Gasteiger partial charge is 0.119 e. The van der Waals surface area contributed by atoms with Crippen molar-refractivity contribution in [3.63, 3.8) is 0 Å². The van der Waals surface area contributed by atoms with Gasteiger partial charge in [0.05, 0.1) is 14.9 Å². The summed E-state index contributed by atoms with van der Waals surface area (Å²) in [6.07, 6.45) is 0.984. The van der Waals surface area contributed by atoms with E-state index in [1.54, 1.807) is 0 Å². The molecule has 3 aromatic carbocycles. The molecule has 0 atom stereocenters. The molecule has 1 aliphatic rings. The molecule has 0 unspecified atom stereocenters. The topological polar surface area (TPSA) is 102 Å². The van der Waals surface area contributed by atoms with E-state index in [9.17, 15) is 0 Å². The Balaban J connectivity index is 0.000000588. The number of hydrogen-bond acceptors (Lipinski definition) is 6. The second-order valence-electron chi connectivity index (χ2n) is 7.85. The Morgan fingerprint density at radius 3 is 2.03 bits per heavy atom. The number of likely N-dealkylation sites (N-methyl/N-ethyl adjacent to an activating group) is 1. The molecular formula is C27H30ClNO5. The van der Waals surface area contributed by atoms with Gasteiger partial charge in [-0.25, -0.2) is 0 Å². The van der Waals surface area contributed by atoms with E-state index in [4.69, 9.17) is 23.4 Å². The van der Waals surface area contributed by atoms with Crippen LogP contribution in [0.4, 0.5) is 0 Å². The van der Waals surface area contributed by atoms with Gasteiger partial charge in [-0.2, -0.15) is 14.0 Å². The number of halogens is 1. The maximum absolute atomic E-state index is 8.60. The molecule has 7 heteroatoms. The Morgan fingerprint density at radius 2 is 1.41 bits per heavy atom. The quantitative estimate of drug-likeness (QED) is 0.524. The summed E-state index contributed by atoms with van der Waals surface area (Å²) < 4.78 is 38.7. The van der Waals surface area contributed by atoms with Crippen molar-refractivity contribution in [2.75, 3.05) is 26.2 Å². The minimum Gasteiger partial charge on any atom is -0.492 e. The molecule has 0 heterocycles. The van der Waals surface area contributed by atoms with Crippen molar-refractivity contribution in [3.05, 3.63) is 101 Å². The lowest BCUT2D eigenvalue weighted by atomic mass is 9.94. The zero-order chi connectivity index (χ0) is 24.6. The van der Waals surface area contributed by atoms with Gasteiger partial charge in [0.25, 0.3) is 0 Å². The van der Waals surface area contributed by atoms with Gasteiger partial charge in [0, 0.05) is 6.54 Å². The largest absolute Gasteiger partial charge is 0.492 e. The first-order chi connectivity index (χ1) is 16.3. The summed E-state index contributed by atoms with van der Waals surface area (Å²) in [5, 5.41) is 0. The van der Waals surface area contributed by atoms with Crippen molar-refractivity contribution in [1.29, 1.82) is 0 Å². The van der Waals surface area contributed by atoms with E-state index in [1.165, 1.54) is 33.4 Å². The fraction of sp³-hybridized carbons (Fsp3) is 0.259. The molecule has 0 saturated heterocycles. The molecule has 1 aliphatic carbocycles. The standard InChI is InChI=1S/C27H29NO.ClHO4/c1-3-28(4-2)18-19-29-24-16-14-22(15-17-24)27-25-13-9-8-12-23(25)20-26(27)21-10-6-5-7-11-21;2-1(3,4)5/h5-17H,3-4,18-20H2,1-2H3;(H,2,3,4,5). The summed E-state index contributed by atoms with van der Waals surface area (Å²) in [6.45, 7) is 8.20. The predicted octanol–water partition coefficient (Wildman–Crippen LogP) is 1.80. The molecule has 0 amide bonds. The van der Waals surface area contributed by atoms with E-state index < -0.39 is 10.2 Å². The SMILES string of the molecule is CCN(CC)CCOc1ccc(C2=C(c3ccccc3)Cc3ccccc32)cc1.[O-][Cl+3]([O-])([O-])O. The molecule has 4 rings (SSSR count). The summed E-state index contributed by atoms with van der Waals surface area (Å²) in [4.78, 5) is 2.38. The first-order valence-electron chi connectivity index (χ1n) is 11.3. The zero-order valence-corrected chi connectivity index (χ0v) is 20.2. The molecule has 0 spiro atoms. The van der Waals surface area contributed by atoms with Crippen LogP contribution in [-0.2, 0) is 6.42 Å². The average Bonchev–Trinajstić information content (AvgIpc) is 3.21. The molecule has 0 aliphatic heterocycles. The highest BCUT2D eigenvalue weighted by Crippen LogP contribution is 2.42. The van der Waals surface area contributed by atoms with Crippen LogP contribution in [0.15, 0.2) is 78.9 Å². The normalized spacial score (nSPS) is 12.9. The highest BCUT2D eigenvalue weighted by Gasteiger charge is 2.23. The minimum atomic E-state index is -4.69. The van der Waals surface area contributed by atoms with Gasteiger partial charge in [0.1, 0.15) is 12.4 Å². The van der Waals surface area contributed by atoms with Crippen molar-refractivity contribution in [1.82, 2.24) is 4.90 Å². The Kier molecular flexibility index (Phi) is 9.24. The molecule has 0 bridgehead atoms. The number of benzene rings is 3. The van der Waals surface area contributed by atoms with Crippen LogP contribution in [0, 0.1) is 10.2 Å². The Morgan fingerprint density at radius 1 is 0.824 bits per heavy atom. The first-order valence-corrected chi connectivity index (χ1v) is 12.5. The van der Waals surface area contributed by atoms with Gasteiger partial charge >= 0.3 is 0 Å². The van der Waals surface area contributed by atoms with Gasteiger partial charge in [-0.05, 0) is 65.0 Å². The molecule has 180 valence electrons. The van der Waals surface area contributed by atoms with E-state index in [2.05, 4.69) is 97.6 Å². The average molecular weight is 484 g/mol. The second kappa shape index (κ2) is 12.1. The lowest BCUT2D eigenvalue weighted by molar-refractivity contribution is -1.92. The summed E-state index contributed by atoms with van der Waals surface area (Å²) in [6, 6.07) is 28.1. The van der Waals surface area contributed by atoms with Crippen LogP contribution >= 0.6 is 0 Å². The number of rotatable bonds is 8. The zero-order valence-electron chi connectivity index (χ0n) is 19.4. The minimum absolute atomic E-state index is 0.724. The summed E-state index contributed by atoms with van der Waals surface area (Å²) in [7, 11) is -4.69. The van der Waals surface area contributed by atoms with Crippen molar-refractivity contribution in [3.8, 4) is 5.75 Å². The molecule has 1 N–H and O–H groups in total. The third-order valence-electron chi connectivity index (χ3n) is 5.79. The molecule has 0 aromatic heterocycles. The number of fused-ring (bicyclic) bond motifs is 1. The van der Waals surface area contributed by atoms with E-state index in [1.807, 2.05) is 0 Å². The van der Waals surface area contributed by atoms with Gasteiger partial charge in [-0.3, -0.25) is 0 Å². The third kappa shape index (κ3) is 7.40. The summed E-state index contributed by atoms with van der Waals surface area (Å²) >= 11 is 0. The highest BCUT2D eigenvalue weighted by molar-refractivity contribution is 6.03. The van der Waals surface area contributed by atoms with Crippen molar-refractivity contribution < 1.29 is 33.6 Å². The fourth-order valence-electron chi connectivity index (χ4n) is 4.13. The van der Waals surface area contributed by atoms with E-state index in [0.29, 0.717) is 0 Å². The summed E-state index contributed by atoms with van der Waals surface area (Å²) in [5.74, 6) is 0.939. The van der Waals surface area contributed by atoms with Gasteiger partial charge in [-0.1, -0.05) is 80.6 Å². The van der Waals surface area contributed by atoms with Gasteiger partial charge in [-0.15, -0.1) is 0 Å².